The highest BCUT2D eigenvalue weighted by Gasteiger charge is 2.34. The van der Waals surface area contributed by atoms with Crippen molar-refractivity contribution in [2.24, 2.45) is 0 Å². The van der Waals surface area contributed by atoms with Gasteiger partial charge in [-0.15, -0.1) is 5.10 Å². The van der Waals surface area contributed by atoms with E-state index in [2.05, 4.69) is 84.7 Å². The van der Waals surface area contributed by atoms with E-state index >= 15 is 0 Å². The molecule has 34 heavy (non-hydrogen) atoms. The van der Waals surface area contributed by atoms with Gasteiger partial charge in [-0.3, -0.25) is 0 Å². The summed E-state index contributed by atoms with van der Waals surface area (Å²) in [7, 11) is 0. The van der Waals surface area contributed by atoms with Crippen LogP contribution >= 0.6 is 0 Å². The maximum Gasteiger partial charge on any atom is 0.228 e. The van der Waals surface area contributed by atoms with Gasteiger partial charge >= 0.3 is 0 Å². The van der Waals surface area contributed by atoms with Crippen LogP contribution in [0.2, 0.25) is 0 Å². The molecule has 0 radical (unpaired) electrons. The van der Waals surface area contributed by atoms with Gasteiger partial charge in [0.15, 0.2) is 11.5 Å². The van der Waals surface area contributed by atoms with Crippen LogP contribution in [0.3, 0.4) is 0 Å². The fraction of sp³-hybridized carbons (Fsp3) is 0.0690. The van der Waals surface area contributed by atoms with E-state index in [1.54, 1.807) is 10.8 Å². The topological polar surface area (TPSA) is 52.3 Å². The third-order valence-electron chi connectivity index (χ3n) is 6.54. The Bertz CT molecular complexity index is 1690. The molecule has 0 amide bonds. The molecular formula is C29H20N4O. The van der Waals surface area contributed by atoms with Crippen molar-refractivity contribution in [3.8, 4) is 23.0 Å². The average Bonchev–Trinajstić information content (AvgIpc) is 3.33. The fourth-order valence-electron chi connectivity index (χ4n) is 4.86. The van der Waals surface area contributed by atoms with Crippen LogP contribution in [0.15, 0.2) is 97.3 Å². The van der Waals surface area contributed by atoms with E-state index in [4.69, 9.17) is 14.8 Å². The normalized spacial score (nSPS) is 14.6. The lowest BCUT2D eigenvalue weighted by Crippen LogP contribution is -2.15. The summed E-state index contributed by atoms with van der Waals surface area (Å²) in [6, 6.07) is 31.4. The first-order chi connectivity index (χ1) is 16.8. The van der Waals surface area contributed by atoms with Crippen LogP contribution in [-0.2, 0) is 0 Å². The van der Waals surface area contributed by atoms with Gasteiger partial charge in [-0.25, -0.2) is 14.5 Å². The maximum absolute atomic E-state index is 6.49. The molecule has 0 bridgehead atoms. The van der Waals surface area contributed by atoms with E-state index in [0.29, 0.717) is 11.7 Å². The van der Waals surface area contributed by atoms with Gasteiger partial charge in [-0.1, -0.05) is 96.6 Å². The number of fused-ring (bicyclic) bond motifs is 6. The Balaban J connectivity index is 1.51. The molecule has 6 aromatic rings. The highest BCUT2D eigenvalue weighted by atomic mass is 16.5. The average molecular weight is 441 g/mol. The van der Waals surface area contributed by atoms with Gasteiger partial charge in [0.05, 0.1) is 5.56 Å². The molecule has 3 heterocycles. The molecule has 1 aliphatic rings. The summed E-state index contributed by atoms with van der Waals surface area (Å²) >= 11 is 0. The van der Waals surface area contributed by atoms with Crippen LogP contribution in [0, 0.1) is 6.92 Å². The summed E-state index contributed by atoms with van der Waals surface area (Å²) in [5.74, 6) is 2.03. The number of nitrogens with zero attached hydrogens (tertiary/aromatic N) is 4. The molecule has 0 spiro atoms. The highest BCUT2D eigenvalue weighted by molar-refractivity contribution is 5.91. The van der Waals surface area contributed by atoms with Gasteiger partial charge in [0, 0.05) is 22.4 Å². The van der Waals surface area contributed by atoms with E-state index in [1.165, 1.54) is 11.1 Å². The lowest BCUT2D eigenvalue weighted by Gasteiger charge is -2.28. The van der Waals surface area contributed by atoms with Crippen molar-refractivity contribution in [1.29, 1.82) is 0 Å². The zero-order valence-corrected chi connectivity index (χ0v) is 18.5. The van der Waals surface area contributed by atoms with Crippen LogP contribution in [0.4, 0.5) is 0 Å². The molecule has 0 fully saturated rings. The number of hydrogen-bond donors (Lipinski definition) is 0. The second-order valence-electron chi connectivity index (χ2n) is 8.68. The van der Waals surface area contributed by atoms with Crippen LogP contribution < -0.4 is 4.74 Å². The lowest BCUT2D eigenvalue weighted by atomic mass is 9.83. The van der Waals surface area contributed by atoms with Gasteiger partial charge in [-0.2, -0.15) is 0 Å². The van der Waals surface area contributed by atoms with E-state index < -0.39 is 0 Å². The number of aromatic nitrogens is 4. The minimum absolute atomic E-state index is 0.0733. The number of aryl methyl sites for hydroxylation is 1. The standard InChI is InChI=1S/C29H20N4O/c1-18-11-13-21(14-12-18)27-31-28-25-24(20-8-3-2-4-9-20)23-16-15-19-7-5-6-10-22(19)26(23)34-29(25)30-17-33(28)32-27/h2-17,24H,1H3. The predicted octanol–water partition coefficient (Wildman–Crippen LogP) is 6.54. The van der Waals surface area contributed by atoms with E-state index in [9.17, 15) is 0 Å². The van der Waals surface area contributed by atoms with Gasteiger partial charge in [0.1, 0.15) is 12.1 Å². The molecule has 162 valence electrons. The molecule has 0 aliphatic carbocycles. The number of rotatable bonds is 2. The summed E-state index contributed by atoms with van der Waals surface area (Å²) in [4.78, 5) is 9.66. The third-order valence-corrected chi connectivity index (χ3v) is 6.54. The Morgan fingerprint density at radius 1 is 0.824 bits per heavy atom. The van der Waals surface area contributed by atoms with Crippen LogP contribution in [-0.4, -0.2) is 19.6 Å². The highest BCUT2D eigenvalue weighted by Crippen LogP contribution is 2.50. The maximum atomic E-state index is 6.49. The quantitative estimate of drug-likeness (QED) is 0.306. The molecule has 0 saturated heterocycles. The second-order valence-corrected chi connectivity index (χ2v) is 8.68. The molecule has 4 aromatic carbocycles. The van der Waals surface area contributed by atoms with Crippen molar-refractivity contribution < 1.29 is 4.74 Å². The summed E-state index contributed by atoms with van der Waals surface area (Å²) in [6.45, 7) is 2.07. The molecule has 0 saturated carbocycles. The van der Waals surface area contributed by atoms with Crippen molar-refractivity contribution in [3.63, 3.8) is 0 Å². The molecule has 1 unspecified atom stereocenters. The van der Waals surface area contributed by atoms with Crippen molar-refractivity contribution in [2.75, 3.05) is 0 Å². The molecular weight excluding hydrogens is 420 g/mol. The van der Waals surface area contributed by atoms with Crippen molar-refractivity contribution in [2.45, 2.75) is 12.8 Å². The zero-order chi connectivity index (χ0) is 22.6. The molecule has 2 aromatic heterocycles. The monoisotopic (exact) mass is 440 g/mol. The van der Waals surface area contributed by atoms with E-state index in [-0.39, 0.29) is 5.92 Å². The first kappa shape index (κ1) is 19.0. The summed E-state index contributed by atoms with van der Waals surface area (Å²) < 4.78 is 8.25. The molecule has 1 aliphatic heterocycles. The number of benzene rings is 4. The second kappa shape index (κ2) is 7.25. The van der Waals surface area contributed by atoms with Gasteiger partial charge < -0.3 is 4.74 Å². The first-order valence-electron chi connectivity index (χ1n) is 11.3. The Morgan fingerprint density at radius 3 is 2.47 bits per heavy atom. The van der Waals surface area contributed by atoms with Gasteiger partial charge in [-0.05, 0) is 17.9 Å². The molecule has 1 atom stereocenters. The minimum atomic E-state index is -0.0733. The van der Waals surface area contributed by atoms with Gasteiger partial charge in [0.25, 0.3) is 0 Å². The third kappa shape index (κ3) is 2.83. The summed E-state index contributed by atoms with van der Waals surface area (Å²) in [5, 5.41) is 6.96. The van der Waals surface area contributed by atoms with Crippen LogP contribution in [0.25, 0.3) is 27.8 Å². The SMILES string of the molecule is Cc1ccc(-c2nc3c4c(ncn3n2)Oc2c(ccc3ccccc23)C4c2ccccc2)cc1. The Kier molecular flexibility index (Phi) is 4.05. The molecule has 0 N–H and O–H groups in total. The van der Waals surface area contributed by atoms with Crippen molar-refractivity contribution >= 4 is 16.4 Å². The summed E-state index contributed by atoms with van der Waals surface area (Å²) in [6.07, 6.45) is 1.69. The molecule has 5 heteroatoms. The van der Waals surface area contributed by atoms with Crippen LogP contribution in [0.1, 0.15) is 28.2 Å². The summed E-state index contributed by atoms with van der Waals surface area (Å²) in [5.41, 5.74) is 6.14. The fourth-order valence-corrected chi connectivity index (χ4v) is 4.86. The Hall–Kier alpha value is -4.51. The first-order valence-corrected chi connectivity index (χ1v) is 11.3. The molecule has 5 nitrogen and oxygen atoms in total. The zero-order valence-electron chi connectivity index (χ0n) is 18.5. The predicted molar refractivity (Wildman–Crippen MR) is 132 cm³/mol. The number of ether oxygens (including phenoxy) is 1. The largest absolute Gasteiger partial charge is 0.438 e. The van der Waals surface area contributed by atoms with Crippen molar-refractivity contribution in [3.05, 3.63) is 120 Å². The van der Waals surface area contributed by atoms with Crippen molar-refractivity contribution in [1.82, 2.24) is 19.6 Å². The Labute approximate surface area is 196 Å². The smallest absolute Gasteiger partial charge is 0.228 e. The lowest BCUT2D eigenvalue weighted by molar-refractivity contribution is 0.437. The van der Waals surface area contributed by atoms with Crippen LogP contribution in [0.5, 0.6) is 11.6 Å². The molecule has 7 rings (SSSR count). The van der Waals surface area contributed by atoms with E-state index in [1.807, 2.05) is 18.2 Å². The number of hydrogen-bond acceptors (Lipinski definition) is 4. The van der Waals surface area contributed by atoms with Gasteiger partial charge in [0.2, 0.25) is 5.88 Å². The van der Waals surface area contributed by atoms with E-state index in [0.717, 1.165) is 38.9 Å². The minimum Gasteiger partial charge on any atom is -0.438 e. The Morgan fingerprint density at radius 2 is 1.62 bits per heavy atom.